The summed E-state index contributed by atoms with van der Waals surface area (Å²) in [6, 6.07) is 0. The molecular weight excluding hydrogens is 430 g/mol. The first kappa shape index (κ1) is 27.0. The van der Waals surface area contributed by atoms with Gasteiger partial charge in [0.2, 0.25) is 0 Å². The molecule has 0 atom stereocenters. The Kier molecular flexibility index (Phi) is 21.0. The lowest BCUT2D eigenvalue weighted by Gasteiger charge is -2.17. The van der Waals surface area contributed by atoms with Gasteiger partial charge in [-0.25, -0.2) is 0 Å². The molecule has 0 amide bonds. The third kappa shape index (κ3) is 20.9. The van der Waals surface area contributed by atoms with Crippen molar-refractivity contribution in [3.8, 4) is 0 Å². The largest absolute Gasteiger partial charge is 1.00 e. The molecule has 0 aliphatic carbocycles. The van der Waals surface area contributed by atoms with E-state index >= 15 is 0 Å². The lowest BCUT2D eigenvalue weighted by Crippen LogP contribution is -3.00. The van der Waals surface area contributed by atoms with Gasteiger partial charge in [0.25, 0.3) is 0 Å². The van der Waals surface area contributed by atoms with Crippen LogP contribution in [-0.2, 0) is 9.47 Å². The fourth-order valence-corrected chi connectivity index (χ4v) is 3.51. The number of hydrogen-bond acceptors (Lipinski definition) is 2. The molecule has 0 aromatic carbocycles. The zero-order chi connectivity index (χ0) is 17.4. The highest BCUT2D eigenvalue weighted by Gasteiger charge is 2.14. The first-order chi connectivity index (χ1) is 11.0. The Morgan fingerprint density at radius 1 is 0.792 bits per heavy atom. The van der Waals surface area contributed by atoms with E-state index in [1.54, 1.807) is 0 Å². The molecule has 0 aromatic heterocycles. The minimum atomic E-state index is -0.570. The maximum absolute atomic E-state index is 5.76. The molecule has 24 heavy (non-hydrogen) atoms. The highest BCUT2D eigenvalue weighted by Crippen LogP contribution is 2.47. The van der Waals surface area contributed by atoms with E-state index in [2.05, 4.69) is 46.0 Å². The lowest BCUT2D eigenvalue weighted by molar-refractivity contribution is -0.146. The van der Waals surface area contributed by atoms with Crippen LogP contribution in [0.25, 0.3) is 0 Å². The van der Waals surface area contributed by atoms with Crippen molar-refractivity contribution < 1.29 is 33.5 Å². The van der Waals surface area contributed by atoms with Gasteiger partial charge in [-0.3, -0.25) is 0 Å². The van der Waals surface area contributed by atoms with E-state index in [1.807, 2.05) is 0 Å². The molecule has 0 saturated carbocycles. The quantitative estimate of drug-likeness (QED) is 0.113. The van der Waals surface area contributed by atoms with Gasteiger partial charge in [0, 0.05) is 40.5 Å². The summed E-state index contributed by atoms with van der Waals surface area (Å²) in [5.74, 6) is 0. The smallest absolute Gasteiger partial charge is 0.157 e. The van der Waals surface area contributed by atoms with Gasteiger partial charge in [0.15, 0.2) is 6.29 Å². The molecule has 0 saturated heterocycles. The second-order valence-electron chi connectivity index (χ2n) is 7.44. The van der Waals surface area contributed by atoms with Crippen molar-refractivity contribution in [1.29, 1.82) is 0 Å². The zero-order valence-corrected chi connectivity index (χ0v) is 19.9. The third-order valence-electron chi connectivity index (χ3n) is 3.69. The van der Waals surface area contributed by atoms with Gasteiger partial charge in [0.05, 0.1) is 6.16 Å². The standard InChI is InChI=1S/C20H42O2P.HI/c1-6-17-21-20(22-18-7-2)16-14-12-10-8-9-11-13-15-19-23(3,4)5;/h9,11,20H,6-8,10,12-19H2,1-5H3;1H/q+1;/p-1/b11-9+;. The van der Waals surface area contributed by atoms with Crippen LogP contribution in [0, 0.1) is 0 Å². The summed E-state index contributed by atoms with van der Waals surface area (Å²) in [5.41, 5.74) is 0. The normalized spacial score (nSPS) is 12.1. The summed E-state index contributed by atoms with van der Waals surface area (Å²) in [7, 11) is -0.570. The SMILES string of the molecule is CCCOC(CCCCC/C=C/CCC[P+](C)(C)C)OCCC.[I-]. The molecule has 0 N–H and O–H groups in total. The Hall–Kier alpha value is 0.820. The van der Waals surface area contributed by atoms with E-state index in [-0.39, 0.29) is 30.3 Å². The molecule has 4 heteroatoms. The third-order valence-corrected chi connectivity index (χ3v) is 5.35. The molecule has 0 aliphatic heterocycles. The Balaban J connectivity index is 0. The molecular formula is C20H42IO2P. The lowest BCUT2D eigenvalue weighted by atomic mass is 10.1. The van der Waals surface area contributed by atoms with Crippen LogP contribution in [0.3, 0.4) is 0 Å². The van der Waals surface area contributed by atoms with Crippen molar-refractivity contribution >= 4 is 7.26 Å². The Morgan fingerprint density at radius 3 is 1.83 bits per heavy atom. The van der Waals surface area contributed by atoms with Crippen molar-refractivity contribution in [2.24, 2.45) is 0 Å². The highest BCUT2D eigenvalue weighted by atomic mass is 127. The van der Waals surface area contributed by atoms with Gasteiger partial charge in [-0.15, -0.1) is 0 Å². The predicted octanol–water partition coefficient (Wildman–Crippen LogP) is 3.36. The molecule has 0 aromatic rings. The molecule has 0 bridgehead atoms. The Bertz CT molecular complexity index is 269. The van der Waals surface area contributed by atoms with E-state index in [0.717, 1.165) is 32.5 Å². The second kappa shape index (κ2) is 18.6. The molecule has 0 rings (SSSR count). The fourth-order valence-electron chi connectivity index (χ4n) is 2.38. The predicted molar refractivity (Wildman–Crippen MR) is 107 cm³/mol. The number of ether oxygens (including phenoxy) is 2. The summed E-state index contributed by atoms with van der Waals surface area (Å²) >= 11 is 0. The molecule has 0 fully saturated rings. The second-order valence-corrected chi connectivity index (χ2v) is 12.5. The maximum atomic E-state index is 5.76. The van der Waals surface area contributed by atoms with Crippen LogP contribution in [0.15, 0.2) is 12.2 Å². The van der Waals surface area contributed by atoms with Crippen molar-refractivity contribution in [3.05, 3.63) is 12.2 Å². The van der Waals surface area contributed by atoms with Gasteiger partial charge in [-0.2, -0.15) is 0 Å². The first-order valence-corrected chi connectivity index (χ1v) is 13.0. The van der Waals surface area contributed by atoms with Gasteiger partial charge >= 0.3 is 0 Å². The average Bonchev–Trinajstić information content (AvgIpc) is 2.49. The van der Waals surface area contributed by atoms with Crippen LogP contribution in [0.1, 0.15) is 71.6 Å². The summed E-state index contributed by atoms with van der Waals surface area (Å²) in [6.45, 7) is 13.2. The van der Waals surface area contributed by atoms with Crippen LogP contribution in [0.5, 0.6) is 0 Å². The first-order valence-electron chi connectivity index (χ1n) is 9.68. The summed E-state index contributed by atoms with van der Waals surface area (Å²) in [6.07, 6.45) is 17.0. The zero-order valence-electron chi connectivity index (χ0n) is 16.9. The van der Waals surface area contributed by atoms with E-state index in [0.29, 0.717) is 0 Å². The molecule has 0 heterocycles. The van der Waals surface area contributed by atoms with E-state index in [1.165, 1.54) is 44.7 Å². The van der Waals surface area contributed by atoms with Crippen LogP contribution >= 0.6 is 7.26 Å². The van der Waals surface area contributed by atoms with Crippen molar-refractivity contribution in [2.75, 3.05) is 39.4 Å². The van der Waals surface area contributed by atoms with E-state index in [9.17, 15) is 0 Å². The monoisotopic (exact) mass is 472 g/mol. The van der Waals surface area contributed by atoms with Gasteiger partial charge in [-0.1, -0.05) is 32.4 Å². The minimum absolute atomic E-state index is 0. The number of unbranched alkanes of at least 4 members (excludes halogenated alkanes) is 4. The van der Waals surface area contributed by atoms with E-state index in [4.69, 9.17) is 9.47 Å². The minimum Gasteiger partial charge on any atom is -1.00 e. The number of allylic oxidation sites excluding steroid dienone is 2. The van der Waals surface area contributed by atoms with Gasteiger partial charge in [0.1, 0.15) is 0 Å². The molecule has 0 aliphatic rings. The van der Waals surface area contributed by atoms with Crippen molar-refractivity contribution in [3.63, 3.8) is 0 Å². The summed E-state index contributed by atoms with van der Waals surface area (Å²) < 4.78 is 11.5. The van der Waals surface area contributed by atoms with Crippen LogP contribution in [0.4, 0.5) is 0 Å². The molecule has 0 radical (unpaired) electrons. The molecule has 0 unspecified atom stereocenters. The number of rotatable bonds is 16. The van der Waals surface area contributed by atoms with Gasteiger partial charge in [-0.05, 0) is 51.4 Å². The molecule has 146 valence electrons. The summed E-state index contributed by atoms with van der Waals surface area (Å²) in [4.78, 5) is 0. The summed E-state index contributed by atoms with van der Waals surface area (Å²) in [5, 5.41) is 0. The van der Waals surface area contributed by atoms with Crippen LogP contribution in [-0.4, -0.2) is 45.7 Å². The van der Waals surface area contributed by atoms with Gasteiger partial charge < -0.3 is 33.5 Å². The van der Waals surface area contributed by atoms with Crippen molar-refractivity contribution in [2.45, 2.75) is 77.9 Å². The average molecular weight is 472 g/mol. The Morgan fingerprint density at radius 2 is 1.33 bits per heavy atom. The van der Waals surface area contributed by atoms with E-state index < -0.39 is 7.26 Å². The fraction of sp³-hybridized carbons (Fsp3) is 0.900. The van der Waals surface area contributed by atoms with Crippen LogP contribution in [0.2, 0.25) is 0 Å². The molecule has 2 nitrogen and oxygen atoms in total. The van der Waals surface area contributed by atoms with Crippen LogP contribution < -0.4 is 24.0 Å². The molecule has 0 spiro atoms. The number of halogens is 1. The Labute approximate surface area is 169 Å². The number of hydrogen-bond donors (Lipinski definition) is 0. The maximum Gasteiger partial charge on any atom is 0.157 e. The highest BCUT2D eigenvalue weighted by molar-refractivity contribution is 7.73. The van der Waals surface area contributed by atoms with Crippen molar-refractivity contribution in [1.82, 2.24) is 0 Å². The topological polar surface area (TPSA) is 18.5 Å².